The predicted octanol–water partition coefficient (Wildman–Crippen LogP) is 2.06. The number of carbonyl (C=O) groups excluding carboxylic acids is 1. The molecule has 1 amide bonds. The van der Waals surface area contributed by atoms with E-state index < -0.39 is 0 Å². The van der Waals surface area contributed by atoms with Gasteiger partial charge in [-0.15, -0.1) is 0 Å². The van der Waals surface area contributed by atoms with Crippen molar-refractivity contribution < 1.29 is 4.79 Å². The minimum absolute atomic E-state index is 0.205. The molecule has 0 radical (unpaired) electrons. The summed E-state index contributed by atoms with van der Waals surface area (Å²) in [5.74, 6) is 3.13. The lowest BCUT2D eigenvalue weighted by Crippen LogP contribution is -2.62. The van der Waals surface area contributed by atoms with E-state index >= 15 is 0 Å². The zero-order chi connectivity index (χ0) is 13.1. The van der Waals surface area contributed by atoms with Crippen molar-refractivity contribution in [3.63, 3.8) is 0 Å². The third kappa shape index (κ3) is 1.63. The predicted molar refractivity (Wildman–Crippen MR) is 74.3 cm³/mol. The Morgan fingerprint density at radius 1 is 1.11 bits per heavy atom. The lowest BCUT2D eigenvalue weighted by molar-refractivity contribution is -0.147. The van der Waals surface area contributed by atoms with E-state index in [1.165, 1.54) is 38.5 Å². The summed E-state index contributed by atoms with van der Waals surface area (Å²) < 4.78 is 0. The fourth-order valence-corrected chi connectivity index (χ4v) is 6.40. The average molecular weight is 262 g/mol. The van der Waals surface area contributed by atoms with E-state index in [1.54, 1.807) is 0 Å². The van der Waals surface area contributed by atoms with Crippen molar-refractivity contribution in [3.8, 4) is 0 Å². The molecule has 0 spiro atoms. The maximum absolute atomic E-state index is 11.5. The Hall–Kier alpha value is -0.570. The zero-order valence-corrected chi connectivity index (χ0v) is 11.8. The van der Waals surface area contributed by atoms with E-state index in [0.29, 0.717) is 11.8 Å². The summed E-state index contributed by atoms with van der Waals surface area (Å²) in [6.45, 7) is 1.61. The summed E-state index contributed by atoms with van der Waals surface area (Å²) in [7, 11) is 0. The topological polar surface area (TPSA) is 55.1 Å². The summed E-state index contributed by atoms with van der Waals surface area (Å²) in [6, 6.07) is 0. The van der Waals surface area contributed by atoms with Crippen LogP contribution in [0, 0.1) is 28.6 Å². The van der Waals surface area contributed by atoms with E-state index in [1.807, 2.05) is 0 Å². The molecule has 0 aromatic rings. The van der Waals surface area contributed by atoms with Crippen molar-refractivity contribution >= 4 is 5.91 Å². The first-order valence-electron chi connectivity index (χ1n) is 8.12. The standard InChI is InChI=1S/C16H26N2O/c17-9-15(2-1-14(19)18-10-15)16-6-11-3-12(7-16)5-13(4-11)8-16/h11-13H,1-10,17H2,(H,18,19). The Bertz CT molecular complexity index is 358. The van der Waals surface area contributed by atoms with Crippen LogP contribution in [0.2, 0.25) is 0 Å². The number of rotatable bonds is 2. The van der Waals surface area contributed by atoms with Crippen molar-refractivity contribution in [3.05, 3.63) is 0 Å². The second-order valence-electron chi connectivity index (χ2n) is 7.96. The van der Waals surface area contributed by atoms with Gasteiger partial charge in [0.05, 0.1) is 0 Å². The highest BCUT2D eigenvalue weighted by molar-refractivity contribution is 5.76. The maximum atomic E-state index is 11.5. The molecule has 5 rings (SSSR count). The van der Waals surface area contributed by atoms with Crippen LogP contribution < -0.4 is 11.1 Å². The van der Waals surface area contributed by atoms with Crippen LogP contribution in [0.4, 0.5) is 0 Å². The third-order valence-electron chi connectivity index (χ3n) is 7.01. The summed E-state index contributed by atoms with van der Waals surface area (Å²) >= 11 is 0. The Morgan fingerprint density at radius 2 is 1.68 bits per heavy atom. The van der Waals surface area contributed by atoms with Crippen LogP contribution >= 0.6 is 0 Å². The van der Waals surface area contributed by atoms with Crippen LogP contribution in [0.5, 0.6) is 0 Å². The first kappa shape index (κ1) is 12.2. The zero-order valence-electron chi connectivity index (χ0n) is 11.8. The monoisotopic (exact) mass is 262 g/mol. The van der Waals surface area contributed by atoms with E-state index in [2.05, 4.69) is 5.32 Å². The molecule has 0 aromatic heterocycles. The molecule has 3 N–H and O–H groups in total. The van der Waals surface area contributed by atoms with Gasteiger partial charge in [0.15, 0.2) is 0 Å². The molecule has 1 saturated heterocycles. The molecule has 4 saturated carbocycles. The third-order valence-corrected chi connectivity index (χ3v) is 7.01. The van der Waals surface area contributed by atoms with Crippen molar-refractivity contribution in [2.24, 2.45) is 34.3 Å². The van der Waals surface area contributed by atoms with Crippen LogP contribution in [-0.4, -0.2) is 19.0 Å². The maximum Gasteiger partial charge on any atom is 0.220 e. The first-order valence-corrected chi connectivity index (χ1v) is 8.12. The largest absolute Gasteiger partial charge is 0.355 e. The molecule has 5 fully saturated rings. The molecule has 1 unspecified atom stereocenters. The van der Waals surface area contributed by atoms with Gasteiger partial charge in [0.1, 0.15) is 0 Å². The molecule has 106 valence electrons. The summed E-state index contributed by atoms with van der Waals surface area (Å²) in [5.41, 5.74) is 6.92. The number of nitrogens with one attached hydrogen (secondary N) is 1. The number of piperidine rings is 1. The summed E-state index contributed by atoms with van der Waals surface area (Å²) in [5, 5.41) is 3.13. The number of amides is 1. The molecular weight excluding hydrogens is 236 g/mol. The Kier molecular flexibility index (Phi) is 2.55. The molecule has 0 aromatic carbocycles. The normalized spacial score (nSPS) is 52.3. The number of hydrogen-bond donors (Lipinski definition) is 2. The van der Waals surface area contributed by atoms with Crippen LogP contribution in [0.15, 0.2) is 0 Å². The smallest absolute Gasteiger partial charge is 0.220 e. The minimum Gasteiger partial charge on any atom is -0.355 e. The Labute approximate surface area is 115 Å². The van der Waals surface area contributed by atoms with Crippen molar-refractivity contribution in [1.29, 1.82) is 0 Å². The molecule has 1 aliphatic heterocycles. The minimum atomic E-state index is 0.205. The second kappa shape index (κ2) is 3.97. The second-order valence-corrected chi connectivity index (χ2v) is 7.96. The van der Waals surface area contributed by atoms with E-state index in [9.17, 15) is 4.79 Å². The van der Waals surface area contributed by atoms with Gasteiger partial charge in [-0.3, -0.25) is 4.79 Å². The van der Waals surface area contributed by atoms with Crippen molar-refractivity contribution in [2.45, 2.75) is 51.4 Å². The van der Waals surface area contributed by atoms with Gasteiger partial charge < -0.3 is 11.1 Å². The van der Waals surface area contributed by atoms with Crippen LogP contribution in [0.3, 0.4) is 0 Å². The number of nitrogens with two attached hydrogens (primary N) is 1. The number of hydrogen-bond acceptors (Lipinski definition) is 2. The van der Waals surface area contributed by atoms with Crippen LogP contribution in [0.25, 0.3) is 0 Å². The molecular formula is C16H26N2O. The Morgan fingerprint density at radius 3 is 2.11 bits per heavy atom. The average Bonchev–Trinajstić information content (AvgIpc) is 2.38. The molecule has 4 bridgehead atoms. The lowest BCUT2D eigenvalue weighted by atomic mass is 9.41. The fraction of sp³-hybridized carbons (Fsp3) is 0.938. The number of carbonyl (C=O) groups is 1. The Balaban J connectivity index is 1.67. The van der Waals surface area contributed by atoms with E-state index in [0.717, 1.165) is 37.3 Å². The molecule has 19 heavy (non-hydrogen) atoms. The molecule has 4 aliphatic carbocycles. The summed E-state index contributed by atoms with van der Waals surface area (Å²) in [6.07, 6.45) is 10.3. The van der Waals surface area contributed by atoms with E-state index in [-0.39, 0.29) is 11.3 Å². The quantitative estimate of drug-likeness (QED) is 0.800. The highest BCUT2D eigenvalue weighted by Gasteiger charge is 2.60. The fourth-order valence-electron chi connectivity index (χ4n) is 6.40. The summed E-state index contributed by atoms with van der Waals surface area (Å²) in [4.78, 5) is 11.5. The van der Waals surface area contributed by atoms with Gasteiger partial charge in [0.25, 0.3) is 0 Å². The van der Waals surface area contributed by atoms with Crippen LogP contribution in [0.1, 0.15) is 51.4 Å². The van der Waals surface area contributed by atoms with Crippen molar-refractivity contribution in [1.82, 2.24) is 5.32 Å². The van der Waals surface area contributed by atoms with Gasteiger partial charge in [-0.25, -0.2) is 0 Å². The van der Waals surface area contributed by atoms with E-state index in [4.69, 9.17) is 5.73 Å². The van der Waals surface area contributed by atoms with Crippen molar-refractivity contribution in [2.75, 3.05) is 13.1 Å². The molecule has 5 aliphatic rings. The molecule has 3 heteroatoms. The van der Waals surface area contributed by atoms with Gasteiger partial charge in [0.2, 0.25) is 5.91 Å². The molecule has 1 atom stereocenters. The molecule has 3 nitrogen and oxygen atoms in total. The highest BCUT2D eigenvalue weighted by atomic mass is 16.1. The van der Waals surface area contributed by atoms with Gasteiger partial charge >= 0.3 is 0 Å². The molecule has 1 heterocycles. The van der Waals surface area contributed by atoms with Gasteiger partial charge in [-0.2, -0.15) is 0 Å². The highest BCUT2D eigenvalue weighted by Crippen LogP contribution is 2.66. The SMILES string of the molecule is NCC1(C23CC4CC(CC(C4)C2)C3)CCC(=O)NC1. The van der Waals surface area contributed by atoms with Crippen LogP contribution in [-0.2, 0) is 4.79 Å². The van der Waals surface area contributed by atoms with Gasteiger partial charge in [-0.1, -0.05) is 0 Å². The lowest BCUT2D eigenvalue weighted by Gasteiger charge is -2.64. The van der Waals surface area contributed by atoms with Gasteiger partial charge in [0, 0.05) is 24.9 Å². The van der Waals surface area contributed by atoms with Gasteiger partial charge in [-0.05, 0) is 68.1 Å². The first-order chi connectivity index (χ1) is 9.15.